The van der Waals surface area contributed by atoms with Gasteiger partial charge in [-0.15, -0.1) is 0 Å². The molecule has 2 nitrogen and oxygen atoms in total. The Hall–Kier alpha value is -1.31. The van der Waals surface area contributed by atoms with Crippen molar-refractivity contribution in [3.05, 3.63) is 35.5 Å². The summed E-state index contributed by atoms with van der Waals surface area (Å²) in [5, 5.41) is 3.36. The molecule has 1 aromatic rings. The molecular weight excluding hydrogens is 184 g/mol. The van der Waals surface area contributed by atoms with Gasteiger partial charge in [0.15, 0.2) is 0 Å². The Labute approximate surface area is 91.4 Å². The van der Waals surface area contributed by atoms with Crippen molar-refractivity contribution < 1.29 is 0 Å². The SMILES string of the molecule is Cc1cccc(NCCC2=CCCC2)n1. The van der Waals surface area contributed by atoms with E-state index in [0.29, 0.717) is 0 Å². The first kappa shape index (κ1) is 10.2. The highest BCUT2D eigenvalue weighted by atomic mass is 15.0. The Kier molecular flexibility index (Phi) is 3.38. The minimum Gasteiger partial charge on any atom is -0.370 e. The lowest BCUT2D eigenvalue weighted by molar-refractivity contribution is 0.861. The molecule has 1 aliphatic rings. The van der Waals surface area contributed by atoms with Gasteiger partial charge in [-0.1, -0.05) is 17.7 Å². The lowest BCUT2D eigenvalue weighted by Crippen LogP contribution is -2.04. The molecule has 0 fully saturated rings. The summed E-state index contributed by atoms with van der Waals surface area (Å²) in [4.78, 5) is 4.41. The van der Waals surface area contributed by atoms with Crippen LogP contribution in [0.25, 0.3) is 0 Å². The van der Waals surface area contributed by atoms with Crippen molar-refractivity contribution in [2.24, 2.45) is 0 Å². The number of aromatic nitrogens is 1. The number of nitrogens with zero attached hydrogens (tertiary/aromatic N) is 1. The predicted octanol–water partition coefficient (Wildman–Crippen LogP) is 3.30. The molecule has 1 aliphatic carbocycles. The first-order valence-electron chi connectivity index (χ1n) is 5.70. The summed E-state index contributed by atoms with van der Waals surface area (Å²) in [5.74, 6) is 0.994. The van der Waals surface area contributed by atoms with Gasteiger partial charge in [-0.3, -0.25) is 0 Å². The summed E-state index contributed by atoms with van der Waals surface area (Å²) in [7, 11) is 0. The predicted molar refractivity (Wildman–Crippen MR) is 64.0 cm³/mol. The zero-order valence-corrected chi connectivity index (χ0v) is 9.29. The Bertz CT molecular complexity index is 355. The first-order valence-corrected chi connectivity index (χ1v) is 5.70. The van der Waals surface area contributed by atoms with Crippen molar-refractivity contribution >= 4 is 5.82 Å². The lowest BCUT2D eigenvalue weighted by Gasteiger charge is -2.06. The van der Waals surface area contributed by atoms with E-state index in [0.717, 1.165) is 24.5 Å². The number of pyridine rings is 1. The molecule has 1 N–H and O–H groups in total. The van der Waals surface area contributed by atoms with E-state index in [1.54, 1.807) is 5.57 Å². The van der Waals surface area contributed by atoms with Crippen LogP contribution in [0.4, 0.5) is 5.82 Å². The highest BCUT2D eigenvalue weighted by molar-refractivity contribution is 5.35. The van der Waals surface area contributed by atoms with Crippen molar-refractivity contribution in [1.82, 2.24) is 4.98 Å². The molecule has 15 heavy (non-hydrogen) atoms. The molecule has 0 bridgehead atoms. The molecule has 0 saturated heterocycles. The molecule has 0 unspecified atom stereocenters. The largest absolute Gasteiger partial charge is 0.370 e. The van der Waals surface area contributed by atoms with Crippen molar-refractivity contribution in [1.29, 1.82) is 0 Å². The molecule has 1 aromatic heterocycles. The van der Waals surface area contributed by atoms with Crippen LogP contribution in [-0.4, -0.2) is 11.5 Å². The van der Waals surface area contributed by atoms with Gasteiger partial charge in [0.25, 0.3) is 0 Å². The highest BCUT2D eigenvalue weighted by Crippen LogP contribution is 2.20. The topological polar surface area (TPSA) is 24.9 Å². The number of anilines is 1. The van der Waals surface area contributed by atoms with E-state index in [1.165, 1.54) is 19.3 Å². The molecule has 0 atom stereocenters. The summed E-state index contributed by atoms with van der Waals surface area (Å²) in [5.41, 5.74) is 2.68. The van der Waals surface area contributed by atoms with Gasteiger partial charge in [-0.05, 0) is 44.7 Å². The van der Waals surface area contributed by atoms with E-state index in [9.17, 15) is 0 Å². The van der Waals surface area contributed by atoms with E-state index in [1.807, 2.05) is 25.1 Å². The van der Waals surface area contributed by atoms with Crippen molar-refractivity contribution in [3.8, 4) is 0 Å². The minimum atomic E-state index is 0.994. The van der Waals surface area contributed by atoms with Gasteiger partial charge < -0.3 is 5.32 Å². The van der Waals surface area contributed by atoms with E-state index in [-0.39, 0.29) is 0 Å². The third-order valence-corrected chi connectivity index (χ3v) is 2.78. The summed E-state index contributed by atoms with van der Waals surface area (Å²) in [6.07, 6.45) is 7.46. The zero-order chi connectivity index (χ0) is 10.5. The van der Waals surface area contributed by atoms with Crippen LogP contribution in [-0.2, 0) is 0 Å². The van der Waals surface area contributed by atoms with Crippen LogP contribution in [0, 0.1) is 6.92 Å². The molecule has 2 rings (SSSR count). The highest BCUT2D eigenvalue weighted by Gasteiger charge is 2.03. The summed E-state index contributed by atoms with van der Waals surface area (Å²) >= 11 is 0. The molecule has 0 spiro atoms. The molecule has 0 aromatic carbocycles. The molecule has 0 saturated carbocycles. The van der Waals surface area contributed by atoms with Gasteiger partial charge in [-0.25, -0.2) is 4.98 Å². The van der Waals surface area contributed by atoms with Crippen LogP contribution in [0.5, 0.6) is 0 Å². The number of rotatable bonds is 4. The Morgan fingerprint density at radius 2 is 2.33 bits per heavy atom. The van der Waals surface area contributed by atoms with Crippen LogP contribution >= 0.6 is 0 Å². The van der Waals surface area contributed by atoms with E-state index in [2.05, 4.69) is 16.4 Å². The van der Waals surface area contributed by atoms with Crippen molar-refractivity contribution in [2.75, 3.05) is 11.9 Å². The second kappa shape index (κ2) is 4.96. The molecule has 80 valence electrons. The number of aryl methyl sites for hydroxylation is 1. The average molecular weight is 202 g/mol. The maximum Gasteiger partial charge on any atom is 0.126 e. The maximum atomic E-state index is 4.41. The molecule has 0 radical (unpaired) electrons. The molecule has 0 aliphatic heterocycles. The number of allylic oxidation sites excluding steroid dienone is 1. The molecule has 0 amide bonds. The van der Waals surface area contributed by atoms with Crippen LogP contribution in [0.1, 0.15) is 31.4 Å². The van der Waals surface area contributed by atoms with E-state index < -0.39 is 0 Å². The fourth-order valence-corrected chi connectivity index (χ4v) is 1.96. The monoisotopic (exact) mass is 202 g/mol. The van der Waals surface area contributed by atoms with Crippen LogP contribution < -0.4 is 5.32 Å². The number of hydrogen-bond acceptors (Lipinski definition) is 2. The van der Waals surface area contributed by atoms with Gasteiger partial charge in [0.2, 0.25) is 0 Å². The number of hydrogen-bond donors (Lipinski definition) is 1. The van der Waals surface area contributed by atoms with Crippen LogP contribution in [0.3, 0.4) is 0 Å². The Morgan fingerprint density at radius 1 is 1.40 bits per heavy atom. The van der Waals surface area contributed by atoms with Crippen molar-refractivity contribution in [2.45, 2.75) is 32.6 Å². The van der Waals surface area contributed by atoms with Gasteiger partial charge in [0.1, 0.15) is 5.82 Å². The third kappa shape index (κ3) is 3.08. The molecular formula is C13H18N2. The first-order chi connectivity index (χ1) is 7.34. The normalized spacial score (nSPS) is 15.1. The molecule has 1 heterocycles. The second-order valence-corrected chi connectivity index (χ2v) is 4.10. The zero-order valence-electron chi connectivity index (χ0n) is 9.29. The van der Waals surface area contributed by atoms with Crippen LogP contribution in [0.2, 0.25) is 0 Å². The minimum absolute atomic E-state index is 0.994. The van der Waals surface area contributed by atoms with Crippen LogP contribution in [0.15, 0.2) is 29.8 Å². The maximum absolute atomic E-state index is 4.41. The van der Waals surface area contributed by atoms with E-state index in [4.69, 9.17) is 0 Å². The Morgan fingerprint density at radius 3 is 3.07 bits per heavy atom. The Balaban J connectivity index is 1.78. The standard InChI is InChI=1S/C13H18N2/c1-11-5-4-8-13(15-11)14-10-9-12-6-2-3-7-12/h4-6,8H,2-3,7,9-10H2,1H3,(H,14,15). The van der Waals surface area contributed by atoms with Gasteiger partial charge in [-0.2, -0.15) is 0 Å². The number of nitrogens with one attached hydrogen (secondary N) is 1. The van der Waals surface area contributed by atoms with Crippen molar-refractivity contribution in [3.63, 3.8) is 0 Å². The quantitative estimate of drug-likeness (QED) is 0.758. The second-order valence-electron chi connectivity index (χ2n) is 4.10. The molecule has 2 heteroatoms. The summed E-state index contributed by atoms with van der Waals surface area (Å²) in [6.45, 7) is 3.02. The summed E-state index contributed by atoms with van der Waals surface area (Å²) in [6, 6.07) is 6.08. The van der Waals surface area contributed by atoms with Gasteiger partial charge in [0.05, 0.1) is 0 Å². The fourth-order valence-electron chi connectivity index (χ4n) is 1.96. The van der Waals surface area contributed by atoms with E-state index >= 15 is 0 Å². The third-order valence-electron chi connectivity index (χ3n) is 2.78. The summed E-state index contributed by atoms with van der Waals surface area (Å²) < 4.78 is 0. The lowest BCUT2D eigenvalue weighted by atomic mass is 10.2. The van der Waals surface area contributed by atoms with Gasteiger partial charge in [0, 0.05) is 12.2 Å². The smallest absolute Gasteiger partial charge is 0.126 e. The van der Waals surface area contributed by atoms with Gasteiger partial charge >= 0.3 is 0 Å². The average Bonchev–Trinajstić information content (AvgIpc) is 2.71. The fraction of sp³-hybridized carbons (Fsp3) is 0.462.